The van der Waals surface area contributed by atoms with E-state index in [9.17, 15) is 0 Å². The van der Waals surface area contributed by atoms with Crippen LogP contribution in [0.4, 0.5) is 0 Å². The third-order valence-electron chi connectivity index (χ3n) is 2.17. The number of rotatable bonds is 6. The van der Waals surface area contributed by atoms with Crippen LogP contribution in [0, 0.1) is 0 Å². The van der Waals surface area contributed by atoms with Crippen molar-refractivity contribution >= 4 is 11.6 Å². The second-order valence-electron chi connectivity index (χ2n) is 3.95. The summed E-state index contributed by atoms with van der Waals surface area (Å²) >= 11 is 6.11. The molecule has 16 heavy (non-hydrogen) atoms. The van der Waals surface area contributed by atoms with E-state index >= 15 is 0 Å². The zero-order chi connectivity index (χ0) is 12.0. The average Bonchev–Trinajstić information content (AvgIpc) is 2.21. The van der Waals surface area contributed by atoms with Crippen LogP contribution in [0.3, 0.4) is 0 Å². The third kappa shape index (κ3) is 4.39. The molecular formula is C12H19ClN2O. The number of nitrogens with one attached hydrogen (secondary N) is 1. The van der Waals surface area contributed by atoms with Gasteiger partial charge in [-0.15, -0.1) is 0 Å². The fourth-order valence-electron chi connectivity index (χ4n) is 1.31. The lowest BCUT2D eigenvalue weighted by Gasteiger charge is -2.12. The Hall–Kier alpha value is -0.770. The maximum absolute atomic E-state index is 6.11. The van der Waals surface area contributed by atoms with E-state index in [0.717, 1.165) is 24.4 Å². The van der Waals surface area contributed by atoms with E-state index in [0.29, 0.717) is 11.6 Å². The number of nitrogens with zero attached hydrogens (tertiary/aromatic N) is 1. The van der Waals surface area contributed by atoms with Gasteiger partial charge < -0.3 is 15.0 Å². The summed E-state index contributed by atoms with van der Waals surface area (Å²) in [4.78, 5) is 2.07. The number of likely N-dealkylation sites (N-methyl/N-ethyl adjacent to an activating group) is 1. The lowest BCUT2D eigenvalue weighted by Crippen LogP contribution is -2.19. The van der Waals surface area contributed by atoms with Gasteiger partial charge in [-0.1, -0.05) is 17.7 Å². The summed E-state index contributed by atoms with van der Waals surface area (Å²) in [6, 6.07) is 5.88. The van der Waals surface area contributed by atoms with Crippen LogP contribution in [-0.4, -0.2) is 39.2 Å². The van der Waals surface area contributed by atoms with Crippen LogP contribution in [0.5, 0.6) is 5.75 Å². The minimum absolute atomic E-state index is 0.651. The number of halogens is 1. The van der Waals surface area contributed by atoms with E-state index in [1.54, 1.807) is 0 Å². The molecule has 3 nitrogen and oxygen atoms in total. The zero-order valence-electron chi connectivity index (χ0n) is 10.1. The smallest absolute Gasteiger partial charge is 0.137 e. The molecule has 1 aromatic rings. The first-order chi connectivity index (χ1) is 7.63. The van der Waals surface area contributed by atoms with Gasteiger partial charge in [0.05, 0.1) is 5.02 Å². The van der Waals surface area contributed by atoms with Crippen LogP contribution >= 0.6 is 11.6 Å². The molecule has 0 bridgehead atoms. The number of hydrogen-bond donors (Lipinski definition) is 1. The molecule has 0 aliphatic rings. The molecule has 90 valence electrons. The maximum atomic E-state index is 6.11. The van der Waals surface area contributed by atoms with Gasteiger partial charge in [0.25, 0.3) is 0 Å². The summed E-state index contributed by atoms with van der Waals surface area (Å²) in [5.74, 6) is 0.753. The molecule has 4 heteroatoms. The fraction of sp³-hybridized carbons (Fsp3) is 0.500. The minimum atomic E-state index is 0.651. The molecule has 0 aliphatic heterocycles. The highest BCUT2D eigenvalue weighted by atomic mass is 35.5. The van der Waals surface area contributed by atoms with Gasteiger partial charge >= 0.3 is 0 Å². The van der Waals surface area contributed by atoms with Crippen molar-refractivity contribution in [2.24, 2.45) is 0 Å². The zero-order valence-corrected chi connectivity index (χ0v) is 10.8. The molecular weight excluding hydrogens is 224 g/mol. The molecule has 0 atom stereocenters. The van der Waals surface area contributed by atoms with E-state index in [1.165, 1.54) is 0 Å². The van der Waals surface area contributed by atoms with Gasteiger partial charge in [0.2, 0.25) is 0 Å². The van der Waals surface area contributed by atoms with Crippen LogP contribution < -0.4 is 10.1 Å². The van der Waals surface area contributed by atoms with Crippen LogP contribution in [0.15, 0.2) is 18.2 Å². The molecule has 0 saturated heterocycles. The first kappa shape index (κ1) is 13.3. The van der Waals surface area contributed by atoms with Gasteiger partial charge in [-0.2, -0.15) is 0 Å². The van der Waals surface area contributed by atoms with E-state index < -0.39 is 0 Å². The summed E-state index contributed by atoms with van der Waals surface area (Å²) in [5.41, 5.74) is 1.16. The highest BCUT2D eigenvalue weighted by molar-refractivity contribution is 6.32. The first-order valence-electron chi connectivity index (χ1n) is 5.34. The lowest BCUT2D eigenvalue weighted by molar-refractivity contribution is 0.261. The predicted molar refractivity (Wildman–Crippen MR) is 68.3 cm³/mol. The number of ether oxygens (including phenoxy) is 1. The summed E-state index contributed by atoms with van der Waals surface area (Å²) in [5, 5.41) is 3.76. The molecule has 1 rings (SSSR count). The van der Waals surface area contributed by atoms with Crippen molar-refractivity contribution in [2.75, 3.05) is 34.3 Å². The van der Waals surface area contributed by atoms with E-state index in [1.807, 2.05) is 39.3 Å². The molecule has 0 aliphatic carbocycles. The first-order valence-corrected chi connectivity index (χ1v) is 5.72. The molecule has 0 heterocycles. The van der Waals surface area contributed by atoms with E-state index in [-0.39, 0.29) is 0 Å². The SMILES string of the molecule is CNCc1ccc(OCCN(C)C)c(Cl)c1. The molecule has 0 aromatic heterocycles. The fourth-order valence-corrected chi connectivity index (χ4v) is 1.57. The predicted octanol–water partition coefficient (Wildman–Crippen LogP) is 2.00. The van der Waals surface area contributed by atoms with E-state index in [4.69, 9.17) is 16.3 Å². The summed E-state index contributed by atoms with van der Waals surface area (Å²) < 4.78 is 5.59. The molecule has 1 N–H and O–H groups in total. The van der Waals surface area contributed by atoms with Crippen molar-refractivity contribution < 1.29 is 4.74 Å². The van der Waals surface area contributed by atoms with Crippen LogP contribution in [-0.2, 0) is 6.54 Å². The van der Waals surface area contributed by atoms with Crippen LogP contribution in [0.2, 0.25) is 5.02 Å². The molecule has 0 amide bonds. The van der Waals surface area contributed by atoms with Gasteiger partial charge in [0.15, 0.2) is 0 Å². The van der Waals surface area contributed by atoms with Gasteiger partial charge in [0, 0.05) is 13.1 Å². The highest BCUT2D eigenvalue weighted by Gasteiger charge is 2.02. The minimum Gasteiger partial charge on any atom is -0.491 e. The quantitative estimate of drug-likeness (QED) is 0.826. The molecule has 0 spiro atoms. The van der Waals surface area contributed by atoms with E-state index in [2.05, 4.69) is 10.2 Å². The summed E-state index contributed by atoms with van der Waals surface area (Å²) in [7, 11) is 5.94. The Kier molecular flexibility index (Phi) is 5.60. The second-order valence-corrected chi connectivity index (χ2v) is 4.35. The Morgan fingerprint density at radius 1 is 1.38 bits per heavy atom. The molecule has 0 radical (unpaired) electrons. The highest BCUT2D eigenvalue weighted by Crippen LogP contribution is 2.25. The maximum Gasteiger partial charge on any atom is 0.137 e. The van der Waals surface area contributed by atoms with Crippen molar-refractivity contribution in [2.45, 2.75) is 6.54 Å². The normalized spacial score (nSPS) is 10.8. The molecule has 0 saturated carbocycles. The van der Waals surface area contributed by atoms with Crippen molar-refractivity contribution in [3.63, 3.8) is 0 Å². The Bertz CT molecular complexity index is 329. The standard InChI is InChI=1S/C12H19ClN2O/c1-14-9-10-4-5-12(11(13)8-10)16-7-6-15(2)3/h4-5,8,14H,6-7,9H2,1-3H3. The van der Waals surface area contributed by atoms with Gasteiger partial charge in [-0.05, 0) is 38.8 Å². The van der Waals surface area contributed by atoms with Crippen molar-refractivity contribution in [3.05, 3.63) is 28.8 Å². The summed E-state index contributed by atoms with van der Waals surface area (Å²) in [6.07, 6.45) is 0. The molecule has 0 fully saturated rings. The molecule has 0 unspecified atom stereocenters. The monoisotopic (exact) mass is 242 g/mol. The van der Waals surface area contributed by atoms with Crippen molar-refractivity contribution in [1.82, 2.24) is 10.2 Å². The Morgan fingerprint density at radius 3 is 2.69 bits per heavy atom. The Balaban J connectivity index is 2.54. The topological polar surface area (TPSA) is 24.5 Å². The average molecular weight is 243 g/mol. The Morgan fingerprint density at radius 2 is 2.12 bits per heavy atom. The van der Waals surface area contributed by atoms with Crippen molar-refractivity contribution in [1.29, 1.82) is 0 Å². The number of hydrogen-bond acceptors (Lipinski definition) is 3. The third-order valence-corrected chi connectivity index (χ3v) is 2.47. The molecule has 1 aromatic carbocycles. The second kappa shape index (κ2) is 6.74. The van der Waals surface area contributed by atoms with Crippen LogP contribution in [0.25, 0.3) is 0 Å². The summed E-state index contributed by atoms with van der Waals surface area (Å²) in [6.45, 7) is 2.35. The van der Waals surface area contributed by atoms with Gasteiger partial charge in [-0.25, -0.2) is 0 Å². The Labute approximate surface area is 102 Å². The number of benzene rings is 1. The van der Waals surface area contributed by atoms with Crippen LogP contribution in [0.1, 0.15) is 5.56 Å². The van der Waals surface area contributed by atoms with Gasteiger partial charge in [-0.3, -0.25) is 0 Å². The van der Waals surface area contributed by atoms with Crippen molar-refractivity contribution in [3.8, 4) is 5.75 Å². The lowest BCUT2D eigenvalue weighted by atomic mass is 10.2. The van der Waals surface area contributed by atoms with Gasteiger partial charge in [0.1, 0.15) is 12.4 Å². The largest absolute Gasteiger partial charge is 0.491 e.